The van der Waals surface area contributed by atoms with Crippen LogP contribution in [0.25, 0.3) is 6.08 Å². The number of nitrogens with one attached hydrogen (secondary N) is 1. The molecule has 0 radical (unpaired) electrons. The molecular formula is C14H19NO2. The summed E-state index contributed by atoms with van der Waals surface area (Å²) in [5.41, 5.74) is 1.14. The van der Waals surface area contributed by atoms with E-state index in [2.05, 4.69) is 5.32 Å². The number of ether oxygens (including phenoxy) is 1. The fraction of sp³-hybridized carbons (Fsp3) is 0.357. The van der Waals surface area contributed by atoms with Crippen LogP contribution >= 0.6 is 0 Å². The molecule has 0 spiro atoms. The highest BCUT2D eigenvalue weighted by Gasteiger charge is 1.91. The molecule has 3 heteroatoms. The number of carbonyl (C=O) groups excluding carboxylic acids is 1. The SMILES string of the molecule is CCOc1ccc(C=CCCNC(C)=O)cc1. The number of hydrogen-bond acceptors (Lipinski definition) is 2. The van der Waals surface area contributed by atoms with Gasteiger partial charge in [0.2, 0.25) is 5.91 Å². The second-order valence-corrected chi connectivity index (χ2v) is 3.68. The number of amides is 1. The lowest BCUT2D eigenvalue weighted by Gasteiger charge is -2.02. The van der Waals surface area contributed by atoms with E-state index in [1.807, 2.05) is 43.3 Å². The first kappa shape index (κ1) is 13.3. The monoisotopic (exact) mass is 233 g/mol. The van der Waals surface area contributed by atoms with Crippen molar-refractivity contribution in [3.05, 3.63) is 35.9 Å². The van der Waals surface area contributed by atoms with E-state index in [9.17, 15) is 4.79 Å². The van der Waals surface area contributed by atoms with Gasteiger partial charge in [-0.15, -0.1) is 0 Å². The van der Waals surface area contributed by atoms with Crippen LogP contribution in [-0.4, -0.2) is 19.1 Å². The van der Waals surface area contributed by atoms with E-state index in [0.29, 0.717) is 13.2 Å². The summed E-state index contributed by atoms with van der Waals surface area (Å²) in [6, 6.07) is 7.94. The van der Waals surface area contributed by atoms with E-state index >= 15 is 0 Å². The Morgan fingerprint density at radius 3 is 2.65 bits per heavy atom. The van der Waals surface area contributed by atoms with Gasteiger partial charge in [-0.05, 0) is 31.0 Å². The molecule has 1 aromatic rings. The largest absolute Gasteiger partial charge is 0.494 e. The fourth-order valence-electron chi connectivity index (χ4n) is 1.39. The Bertz CT molecular complexity index is 368. The minimum atomic E-state index is 0.0134. The second-order valence-electron chi connectivity index (χ2n) is 3.68. The van der Waals surface area contributed by atoms with Crippen LogP contribution in [0.4, 0.5) is 0 Å². The van der Waals surface area contributed by atoms with Gasteiger partial charge in [0.1, 0.15) is 5.75 Å². The normalized spacial score (nSPS) is 10.5. The van der Waals surface area contributed by atoms with Gasteiger partial charge in [0, 0.05) is 13.5 Å². The highest BCUT2D eigenvalue weighted by atomic mass is 16.5. The van der Waals surface area contributed by atoms with Gasteiger partial charge in [-0.1, -0.05) is 24.3 Å². The maximum absolute atomic E-state index is 10.6. The van der Waals surface area contributed by atoms with Crippen molar-refractivity contribution >= 4 is 12.0 Å². The Labute approximate surface area is 102 Å². The summed E-state index contributed by atoms with van der Waals surface area (Å²) in [5.74, 6) is 0.905. The topological polar surface area (TPSA) is 38.3 Å². The summed E-state index contributed by atoms with van der Waals surface area (Å²) < 4.78 is 5.36. The molecule has 1 N–H and O–H groups in total. The molecule has 0 fully saturated rings. The lowest BCUT2D eigenvalue weighted by atomic mass is 10.2. The Balaban J connectivity index is 2.35. The van der Waals surface area contributed by atoms with E-state index in [1.165, 1.54) is 6.92 Å². The maximum Gasteiger partial charge on any atom is 0.216 e. The fourth-order valence-corrected chi connectivity index (χ4v) is 1.39. The van der Waals surface area contributed by atoms with Crippen LogP contribution in [0.3, 0.4) is 0 Å². The molecule has 1 amide bonds. The van der Waals surface area contributed by atoms with Crippen molar-refractivity contribution in [2.45, 2.75) is 20.3 Å². The van der Waals surface area contributed by atoms with Gasteiger partial charge in [0.15, 0.2) is 0 Å². The third-order valence-electron chi connectivity index (χ3n) is 2.19. The minimum absolute atomic E-state index is 0.0134. The number of benzene rings is 1. The zero-order valence-electron chi connectivity index (χ0n) is 10.4. The molecule has 0 bridgehead atoms. The van der Waals surface area contributed by atoms with Crippen molar-refractivity contribution in [2.24, 2.45) is 0 Å². The van der Waals surface area contributed by atoms with Crippen LogP contribution in [-0.2, 0) is 4.79 Å². The van der Waals surface area contributed by atoms with Crippen LogP contribution in [0.1, 0.15) is 25.8 Å². The van der Waals surface area contributed by atoms with Gasteiger partial charge >= 0.3 is 0 Å². The number of carbonyl (C=O) groups is 1. The van der Waals surface area contributed by atoms with Gasteiger partial charge in [0.25, 0.3) is 0 Å². The minimum Gasteiger partial charge on any atom is -0.494 e. The van der Waals surface area contributed by atoms with Crippen molar-refractivity contribution in [1.29, 1.82) is 0 Å². The highest BCUT2D eigenvalue weighted by Crippen LogP contribution is 2.13. The smallest absolute Gasteiger partial charge is 0.216 e. The molecule has 1 rings (SSSR count). The summed E-state index contributed by atoms with van der Waals surface area (Å²) in [4.78, 5) is 10.6. The van der Waals surface area contributed by atoms with Crippen LogP contribution in [0, 0.1) is 0 Å². The first-order valence-electron chi connectivity index (χ1n) is 5.86. The van der Waals surface area contributed by atoms with E-state index in [0.717, 1.165) is 17.7 Å². The molecule has 0 heterocycles. The molecule has 92 valence electrons. The predicted octanol–water partition coefficient (Wildman–Crippen LogP) is 2.62. The van der Waals surface area contributed by atoms with Crippen molar-refractivity contribution in [1.82, 2.24) is 5.32 Å². The molecule has 0 unspecified atom stereocenters. The molecule has 0 saturated carbocycles. The van der Waals surface area contributed by atoms with Crippen LogP contribution < -0.4 is 10.1 Å². The average Bonchev–Trinajstić information content (AvgIpc) is 2.31. The van der Waals surface area contributed by atoms with Crippen molar-refractivity contribution in [3.8, 4) is 5.75 Å². The molecule has 0 atom stereocenters. The van der Waals surface area contributed by atoms with Gasteiger partial charge in [-0.2, -0.15) is 0 Å². The number of rotatable bonds is 6. The summed E-state index contributed by atoms with van der Waals surface area (Å²) >= 11 is 0. The lowest BCUT2D eigenvalue weighted by molar-refractivity contribution is -0.118. The Morgan fingerprint density at radius 1 is 1.35 bits per heavy atom. The Hall–Kier alpha value is -1.77. The third kappa shape index (κ3) is 5.76. The first-order valence-corrected chi connectivity index (χ1v) is 5.86. The summed E-state index contributed by atoms with van der Waals surface area (Å²) in [7, 11) is 0. The van der Waals surface area contributed by atoms with Crippen molar-refractivity contribution < 1.29 is 9.53 Å². The standard InChI is InChI=1S/C14H19NO2/c1-3-17-14-9-7-13(8-10-14)6-4-5-11-15-12(2)16/h4,6-10H,3,5,11H2,1-2H3,(H,15,16). The quantitative estimate of drug-likeness (QED) is 0.767. The zero-order valence-corrected chi connectivity index (χ0v) is 10.4. The van der Waals surface area contributed by atoms with E-state index < -0.39 is 0 Å². The third-order valence-corrected chi connectivity index (χ3v) is 2.19. The van der Waals surface area contributed by atoms with Gasteiger partial charge in [0.05, 0.1) is 6.61 Å². The molecule has 0 aliphatic rings. The van der Waals surface area contributed by atoms with Crippen LogP contribution in [0.5, 0.6) is 5.75 Å². The number of hydrogen-bond donors (Lipinski definition) is 1. The lowest BCUT2D eigenvalue weighted by Crippen LogP contribution is -2.20. The molecule has 0 aliphatic heterocycles. The van der Waals surface area contributed by atoms with E-state index in [-0.39, 0.29) is 5.91 Å². The summed E-state index contributed by atoms with van der Waals surface area (Å²) in [6.45, 7) is 4.86. The Kier molecular flexibility index (Phi) is 5.86. The van der Waals surface area contributed by atoms with Gasteiger partial charge in [-0.3, -0.25) is 4.79 Å². The predicted molar refractivity (Wildman–Crippen MR) is 69.9 cm³/mol. The summed E-state index contributed by atoms with van der Waals surface area (Å²) in [6.07, 6.45) is 4.93. The van der Waals surface area contributed by atoms with Crippen LogP contribution in [0.2, 0.25) is 0 Å². The molecule has 0 aliphatic carbocycles. The van der Waals surface area contributed by atoms with Gasteiger partial charge < -0.3 is 10.1 Å². The Morgan fingerprint density at radius 2 is 2.06 bits per heavy atom. The van der Waals surface area contributed by atoms with Crippen molar-refractivity contribution in [3.63, 3.8) is 0 Å². The van der Waals surface area contributed by atoms with E-state index in [1.54, 1.807) is 0 Å². The highest BCUT2D eigenvalue weighted by molar-refractivity contribution is 5.72. The maximum atomic E-state index is 10.6. The molecule has 0 saturated heterocycles. The summed E-state index contributed by atoms with van der Waals surface area (Å²) in [5, 5.41) is 2.75. The molecule has 0 aromatic heterocycles. The molecule has 17 heavy (non-hydrogen) atoms. The van der Waals surface area contributed by atoms with Crippen molar-refractivity contribution in [2.75, 3.05) is 13.2 Å². The van der Waals surface area contributed by atoms with Crippen LogP contribution in [0.15, 0.2) is 30.3 Å². The molecule has 1 aromatic carbocycles. The van der Waals surface area contributed by atoms with Gasteiger partial charge in [-0.25, -0.2) is 0 Å². The molecular weight excluding hydrogens is 214 g/mol. The second kappa shape index (κ2) is 7.49. The molecule has 3 nitrogen and oxygen atoms in total. The first-order chi connectivity index (χ1) is 8.22. The van der Waals surface area contributed by atoms with E-state index in [4.69, 9.17) is 4.74 Å². The zero-order chi connectivity index (χ0) is 12.5. The average molecular weight is 233 g/mol.